The van der Waals surface area contributed by atoms with E-state index in [0.717, 1.165) is 33.5 Å². The lowest BCUT2D eigenvalue weighted by Gasteiger charge is -2.07. The second-order valence-corrected chi connectivity index (χ2v) is 7.20. The molecule has 0 fully saturated rings. The van der Waals surface area contributed by atoms with Crippen LogP contribution in [-0.2, 0) is 0 Å². The van der Waals surface area contributed by atoms with Crippen molar-refractivity contribution >= 4 is 11.6 Å². The maximum Gasteiger partial charge on any atom is 0.226 e. The molecule has 5 aromatic rings. The van der Waals surface area contributed by atoms with E-state index >= 15 is 0 Å². The summed E-state index contributed by atoms with van der Waals surface area (Å²) >= 11 is 6.21. The topological polar surface area (TPSA) is 64.5 Å². The van der Waals surface area contributed by atoms with Crippen LogP contribution in [0.2, 0.25) is 5.28 Å². The minimum Gasteiger partial charge on any atom is -0.265 e. The summed E-state index contributed by atoms with van der Waals surface area (Å²) < 4.78 is 0. The average Bonchev–Trinajstić information content (AvgIpc) is 2.85. The van der Waals surface area contributed by atoms with Crippen molar-refractivity contribution in [3.05, 3.63) is 103 Å². The third kappa shape index (κ3) is 4.17. The van der Waals surface area contributed by atoms with Gasteiger partial charge in [0, 0.05) is 35.3 Å². The first-order valence-electron chi connectivity index (χ1n) is 9.70. The van der Waals surface area contributed by atoms with Crippen molar-refractivity contribution in [1.82, 2.24) is 24.9 Å². The van der Waals surface area contributed by atoms with E-state index in [9.17, 15) is 0 Å². The van der Waals surface area contributed by atoms with E-state index < -0.39 is 0 Å². The van der Waals surface area contributed by atoms with Crippen LogP contribution >= 0.6 is 11.6 Å². The molecule has 0 unspecified atom stereocenters. The van der Waals surface area contributed by atoms with Crippen molar-refractivity contribution in [2.24, 2.45) is 0 Å². The van der Waals surface area contributed by atoms with Crippen molar-refractivity contribution in [3.63, 3.8) is 0 Å². The smallest absolute Gasteiger partial charge is 0.226 e. The van der Waals surface area contributed by atoms with Gasteiger partial charge in [-0.05, 0) is 47.0 Å². The molecule has 0 bridgehead atoms. The lowest BCUT2D eigenvalue weighted by atomic mass is 10.0. The number of nitrogens with zero attached hydrogens (tertiary/aromatic N) is 5. The van der Waals surface area contributed by atoms with E-state index in [4.69, 9.17) is 11.6 Å². The average molecular weight is 422 g/mol. The fourth-order valence-corrected chi connectivity index (χ4v) is 3.43. The molecule has 0 spiro atoms. The van der Waals surface area contributed by atoms with E-state index in [2.05, 4.69) is 24.9 Å². The Balaban J connectivity index is 1.45. The highest BCUT2D eigenvalue weighted by Gasteiger charge is 2.11. The molecule has 3 aromatic heterocycles. The molecule has 148 valence electrons. The normalized spacial score (nSPS) is 10.7. The Hall–Kier alpha value is -3.96. The lowest BCUT2D eigenvalue weighted by Crippen LogP contribution is -1.98. The number of rotatable bonds is 4. The van der Waals surface area contributed by atoms with Crippen molar-refractivity contribution < 1.29 is 0 Å². The van der Waals surface area contributed by atoms with Gasteiger partial charge in [0.1, 0.15) is 0 Å². The van der Waals surface area contributed by atoms with Crippen LogP contribution in [0.4, 0.5) is 0 Å². The molecule has 0 aliphatic heterocycles. The van der Waals surface area contributed by atoms with Crippen LogP contribution in [0.25, 0.3) is 45.2 Å². The third-order valence-electron chi connectivity index (χ3n) is 4.86. The second-order valence-electron chi connectivity index (χ2n) is 6.86. The summed E-state index contributed by atoms with van der Waals surface area (Å²) in [6, 6.07) is 25.8. The van der Waals surface area contributed by atoms with Crippen LogP contribution in [0.1, 0.15) is 0 Å². The summed E-state index contributed by atoms with van der Waals surface area (Å²) in [6.07, 6.45) is 5.31. The van der Waals surface area contributed by atoms with E-state index in [1.54, 1.807) is 18.6 Å². The number of pyridine rings is 2. The predicted octanol–water partition coefficient (Wildman–Crippen LogP) is 5.98. The highest BCUT2D eigenvalue weighted by molar-refractivity contribution is 6.28. The molecule has 31 heavy (non-hydrogen) atoms. The number of hydrogen-bond acceptors (Lipinski definition) is 5. The summed E-state index contributed by atoms with van der Waals surface area (Å²) in [5, 5.41) is 0.144. The van der Waals surface area contributed by atoms with Crippen molar-refractivity contribution in [1.29, 1.82) is 0 Å². The van der Waals surface area contributed by atoms with Crippen LogP contribution in [0, 0.1) is 0 Å². The fraction of sp³-hybridized carbons (Fsp3) is 0. The minimum atomic E-state index is 0.144. The van der Waals surface area contributed by atoms with Gasteiger partial charge in [-0.15, -0.1) is 0 Å². The van der Waals surface area contributed by atoms with Gasteiger partial charge in [0.25, 0.3) is 0 Å². The molecule has 3 heterocycles. The molecule has 0 saturated heterocycles. The van der Waals surface area contributed by atoms with Gasteiger partial charge >= 0.3 is 0 Å². The highest BCUT2D eigenvalue weighted by atomic mass is 35.5. The number of aromatic nitrogens is 5. The zero-order valence-corrected chi connectivity index (χ0v) is 17.1. The lowest BCUT2D eigenvalue weighted by molar-refractivity contribution is 1.06. The number of halogens is 1. The van der Waals surface area contributed by atoms with Gasteiger partial charge < -0.3 is 0 Å². The zero-order valence-electron chi connectivity index (χ0n) is 16.4. The zero-order chi connectivity index (χ0) is 21.0. The van der Waals surface area contributed by atoms with Gasteiger partial charge in [0.05, 0.1) is 5.69 Å². The highest BCUT2D eigenvalue weighted by Crippen LogP contribution is 2.26. The standard InChI is InChI=1S/C25H16ClN5/c26-25-30-23(20-8-6-17(7-9-20)18-12-14-27-15-13-18)29-24(31-25)21-10-11-22(28-16-21)19-4-2-1-3-5-19/h1-16H. The molecule has 0 amide bonds. The predicted molar refractivity (Wildman–Crippen MR) is 122 cm³/mol. The Morgan fingerprint density at radius 3 is 1.81 bits per heavy atom. The fourth-order valence-electron chi connectivity index (χ4n) is 3.27. The maximum absolute atomic E-state index is 6.21. The van der Waals surface area contributed by atoms with Gasteiger partial charge in [0.15, 0.2) is 11.6 Å². The molecule has 0 aliphatic carbocycles. The number of benzene rings is 2. The molecule has 0 aliphatic rings. The summed E-state index contributed by atoms with van der Waals surface area (Å²) in [7, 11) is 0. The van der Waals surface area contributed by atoms with E-state index in [1.807, 2.05) is 78.9 Å². The molecule has 0 radical (unpaired) electrons. The van der Waals surface area contributed by atoms with Gasteiger partial charge in [-0.1, -0.05) is 54.6 Å². The Labute approximate surface area is 184 Å². The Bertz CT molecular complexity index is 1210. The van der Waals surface area contributed by atoms with Gasteiger partial charge in [-0.3, -0.25) is 9.97 Å². The first kappa shape index (κ1) is 19.0. The second kappa shape index (κ2) is 8.42. The molecule has 0 atom stereocenters. The van der Waals surface area contributed by atoms with Crippen LogP contribution in [0.5, 0.6) is 0 Å². The van der Waals surface area contributed by atoms with Crippen molar-refractivity contribution in [3.8, 4) is 45.2 Å². The molecular formula is C25H16ClN5. The maximum atomic E-state index is 6.21. The number of hydrogen-bond donors (Lipinski definition) is 0. The van der Waals surface area contributed by atoms with Crippen molar-refractivity contribution in [2.75, 3.05) is 0 Å². The first-order chi connectivity index (χ1) is 15.3. The SMILES string of the molecule is Clc1nc(-c2ccc(-c3ccncc3)cc2)nc(-c2ccc(-c3ccccc3)nc2)n1. The Morgan fingerprint density at radius 1 is 0.516 bits per heavy atom. The molecule has 5 nitrogen and oxygen atoms in total. The largest absolute Gasteiger partial charge is 0.265 e. The molecule has 0 saturated carbocycles. The molecular weight excluding hydrogens is 406 g/mol. The Morgan fingerprint density at radius 2 is 1.13 bits per heavy atom. The monoisotopic (exact) mass is 421 g/mol. The van der Waals surface area contributed by atoms with Crippen LogP contribution < -0.4 is 0 Å². The summed E-state index contributed by atoms with van der Waals surface area (Å²) in [5.74, 6) is 1.00. The van der Waals surface area contributed by atoms with Gasteiger partial charge in [-0.2, -0.15) is 9.97 Å². The molecule has 6 heteroatoms. The molecule has 0 N–H and O–H groups in total. The van der Waals surface area contributed by atoms with E-state index in [-0.39, 0.29) is 5.28 Å². The van der Waals surface area contributed by atoms with Crippen molar-refractivity contribution in [2.45, 2.75) is 0 Å². The molecule has 5 rings (SSSR count). The van der Waals surface area contributed by atoms with Gasteiger partial charge in [-0.25, -0.2) is 4.98 Å². The van der Waals surface area contributed by atoms with Crippen LogP contribution in [0.3, 0.4) is 0 Å². The summed E-state index contributed by atoms with van der Waals surface area (Å²) in [4.78, 5) is 21.8. The Kier molecular flexibility index (Phi) is 5.17. The third-order valence-corrected chi connectivity index (χ3v) is 5.03. The van der Waals surface area contributed by atoms with E-state index in [1.165, 1.54) is 0 Å². The van der Waals surface area contributed by atoms with Gasteiger partial charge in [0.2, 0.25) is 5.28 Å². The molecule has 2 aromatic carbocycles. The summed E-state index contributed by atoms with van der Waals surface area (Å²) in [6.45, 7) is 0. The minimum absolute atomic E-state index is 0.144. The van der Waals surface area contributed by atoms with Crippen LogP contribution in [-0.4, -0.2) is 24.9 Å². The quantitative estimate of drug-likeness (QED) is 0.357. The first-order valence-corrected chi connectivity index (χ1v) is 10.1. The summed E-state index contributed by atoms with van der Waals surface area (Å²) in [5.41, 5.74) is 5.76. The van der Waals surface area contributed by atoms with Crippen LogP contribution in [0.15, 0.2) is 97.5 Å². The van der Waals surface area contributed by atoms with E-state index in [0.29, 0.717) is 11.6 Å².